The highest BCUT2D eigenvalue weighted by Gasteiger charge is 2.44. The maximum absolute atomic E-state index is 12.7. The van der Waals surface area contributed by atoms with Crippen LogP contribution in [0.3, 0.4) is 0 Å². The van der Waals surface area contributed by atoms with Gasteiger partial charge in [-0.25, -0.2) is 4.79 Å². The normalized spacial score (nSPS) is 16.2. The van der Waals surface area contributed by atoms with Crippen molar-refractivity contribution in [2.24, 2.45) is 0 Å². The van der Waals surface area contributed by atoms with Gasteiger partial charge in [-0.1, -0.05) is 35.5 Å². The number of ether oxygens (including phenoxy) is 1. The van der Waals surface area contributed by atoms with Crippen LogP contribution in [0.2, 0.25) is 0 Å². The topological polar surface area (TPSA) is 131 Å². The lowest BCUT2D eigenvalue weighted by Gasteiger charge is -2.19. The van der Waals surface area contributed by atoms with Gasteiger partial charge >= 0.3 is 12.0 Å². The van der Waals surface area contributed by atoms with Gasteiger partial charge in [-0.3, -0.25) is 19.3 Å². The van der Waals surface area contributed by atoms with Crippen LogP contribution in [-0.2, 0) is 19.1 Å². The number of urea groups is 1. The Morgan fingerprint density at radius 3 is 2.53 bits per heavy atom. The summed E-state index contributed by atoms with van der Waals surface area (Å²) >= 11 is 0. The van der Waals surface area contributed by atoms with E-state index in [1.54, 1.807) is 51.1 Å². The Kier molecular flexibility index (Phi) is 5.86. The third-order valence-corrected chi connectivity index (χ3v) is 4.45. The zero-order valence-corrected chi connectivity index (χ0v) is 16.8. The number of carbonyl (C=O) groups excluding carboxylic acids is 4. The molecule has 2 aromatic rings. The molecule has 0 bridgehead atoms. The second-order valence-corrected chi connectivity index (χ2v) is 7.35. The lowest BCUT2D eigenvalue weighted by atomic mass is 10.1. The van der Waals surface area contributed by atoms with Crippen molar-refractivity contribution in [2.45, 2.75) is 38.8 Å². The minimum atomic E-state index is -1.24. The van der Waals surface area contributed by atoms with Gasteiger partial charge in [-0.15, -0.1) is 0 Å². The number of nitrogens with one attached hydrogen (secondary N) is 2. The molecule has 1 saturated heterocycles. The van der Waals surface area contributed by atoms with E-state index in [0.29, 0.717) is 11.3 Å². The summed E-state index contributed by atoms with van der Waals surface area (Å²) in [5.74, 6) is -1.08. The van der Waals surface area contributed by atoms with Gasteiger partial charge in [0.05, 0.1) is 6.42 Å². The number of carbonyl (C=O) groups is 4. The van der Waals surface area contributed by atoms with Gasteiger partial charge in [0.15, 0.2) is 5.82 Å². The Labute approximate surface area is 172 Å². The van der Waals surface area contributed by atoms with Crippen molar-refractivity contribution in [1.82, 2.24) is 15.4 Å². The number of hydrogen-bond acceptors (Lipinski definition) is 7. The number of imide groups is 1. The highest BCUT2D eigenvalue weighted by molar-refractivity contribution is 6.06. The summed E-state index contributed by atoms with van der Waals surface area (Å²) in [6.07, 6.45) is -1.50. The Balaban J connectivity index is 1.67. The highest BCUT2D eigenvalue weighted by atomic mass is 16.5. The van der Waals surface area contributed by atoms with Gasteiger partial charge in [-0.05, 0) is 20.8 Å². The standard InChI is InChI=1S/C20H22N4O6/c1-12-11-14(23-30-12)21-17(26)16(13-7-5-4-6-8-13)29-15(25)9-10-24-18(27)20(2,3)22-19(24)28/h4-8,11,16H,9-10H2,1-3H3,(H,22,28)(H,21,23,26). The number of anilines is 1. The monoisotopic (exact) mass is 414 g/mol. The number of hydrogen-bond donors (Lipinski definition) is 2. The molecule has 1 unspecified atom stereocenters. The van der Waals surface area contributed by atoms with Crippen LogP contribution in [-0.4, -0.2) is 46.0 Å². The molecule has 2 N–H and O–H groups in total. The Hall–Kier alpha value is -3.69. The number of benzene rings is 1. The molecule has 1 aromatic carbocycles. The molecule has 1 aliphatic heterocycles. The first-order chi connectivity index (χ1) is 14.2. The summed E-state index contributed by atoms with van der Waals surface area (Å²) in [6, 6.07) is 9.42. The van der Waals surface area contributed by atoms with E-state index in [-0.39, 0.29) is 18.8 Å². The predicted molar refractivity (Wildman–Crippen MR) is 104 cm³/mol. The average Bonchev–Trinajstić information content (AvgIpc) is 3.18. The zero-order chi connectivity index (χ0) is 21.9. The fraction of sp³-hybridized carbons (Fsp3) is 0.350. The van der Waals surface area contributed by atoms with Crippen molar-refractivity contribution in [3.8, 4) is 0 Å². The van der Waals surface area contributed by atoms with Crippen LogP contribution in [0.5, 0.6) is 0 Å². The van der Waals surface area contributed by atoms with Gasteiger partial charge in [0.2, 0.25) is 6.10 Å². The molecule has 4 amide bonds. The third-order valence-electron chi connectivity index (χ3n) is 4.45. The quantitative estimate of drug-likeness (QED) is 0.523. The van der Waals surface area contributed by atoms with Crippen LogP contribution < -0.4 is 10.6 Å². The van der Waals surface area contributed by atoms with Gasteiger partial charge in [-0.2, -0.15) is 0 Å². The van der Waals surface area contributed by atoms with Crippen LogP contribution in [0.4, 0.5) is 10.6 Å². The van der Waals surface area contributed by atoms with Gasteiger partial charge in [0.1, 0.15) is 11.3 Å². The zero-order valence-electron chi connectivity index (χ0n) is 16.8. The van der Waals surface area contributed by atoms with E-state index in [2.05, 4.69) is 15.8 Å². The smallest absolute Gasteiger partial charge is 0.325 e. The molecular formula is C20H22N4O6. The van der Waals surface area contributed by atoms with Crippen molar-refractivity contribution in [1.29, 1.82) is 0 Å². The fourth-order valence-corrected chi connectivity index (χ4v) is 2.93. The number of amides is 4. The van der Waals surface area contributed by atoms with Crippen molar-refractivity contribution in [2.75, 3.05) is 11.9 Å². The highest BCUT2D eigenvalue weighted by Crippen LogP contribution is 2.22. The van der Waals surface area contributed by atoms with Crippen LogP contribution >= 0.6 is 0 Å². The second-order valence-electron chi connectivity index (χ2n) is 7.35. The van der Waals surface area contributed by atoms with Crippen molar-refractivity contribution < 1.29 is 28.4 Å². The molecule has 3 rings (SSSR count). The van der Waals surface area contributed by atoms with Gasteiger partial charge in [0.25, 0.3) is 11.8 Å². The van der Waals surface area contributed by atoms with Crippen molar-refractivity contribution in [3.05, 3.63) is 47.7 Å². The molecule has 2 heterocycles. The summed E-state index contributed by atoms with van der Waals surface area (Å²) in [7, 11) is 0. The van der Waals surface area contributed by atoms with E-state index in [1.807, 2.05) is 0 Å². The number of aromatic nitrogens is 1. The molecule has 0 saturated carbocycles. The summed E-state index contributed by atoms with van der Waals surface area (Å²) < 4.78 is 10.3. The third kappa shape index (κ3) is 4.65. The van der Waals surface area contributed by atoms with Gasteiger partial charge < -0.3 is 19.9 Å². The Bertz CT molecular complexity index is 969. The molecule has 0 aliphatic carbocycles. The first kappa shape index (κ1) is 21.0. The van der Waals surface area contributed by atoms with Crippen LogP contribution in [0.25, 0.3) is 0 Å². The van der Waals surface area contributed by atoms with E-state index in [4.69, 9.17) is 9.26 Å². The fourth-order valence-electron chi connectivity index (χ4n) is 2.93. The van der Waals surface area contributed by atoms with E-state index < -0.39 is 35.5 Å². The largest absolute Gasteiger partial charge is 0.447 e. The molecule has 0 radical (unpaired) electrons. The molecule has 158 valence electrons. The second kappa shape index (κ2) is 8.36. The van der Waals surface area contributed by atoms with Crippen molar-refractivity contribution >= 4 is 29.6 Å². The molecule has 0 spiro atoms. The molecule has 10 heteroatoms. The average molecular weight is 414 g/mol. The maximum Gasteiger partial charge on any atom is 0.325 e. The van der Waals surface area contributed by atoms with E-state index >= 15 is 0 Å². The maximum atomic E-state index is 12.7. The molecule has 1 atom stereocenters. The lowest BCUT2D eigenvalue weighted by molar-refractivity contribution is -0.155. The molecular weight excluding hydrogens is 392 g/mol. The van der Waals surface area contributed by atoms with Crippen molar-refractivity contribution in [3.63, 3.8) is 0 Å². The summed E-state index contributed by atoms with van der Waals surface area (Å²) in [6.45, 7) is 4.67. The Morgan fingerprint density at radius 2 is 1.97 bits per heavy atom. The minimum Gasteiger partial charge on any atom is -0.447 e. The lowest BCUT2D eigenvalue weighted by Crippen LogP contribution is -2.40. The summed E-state index contributed by atoms with van der Waals surface area (Å²) in [5, 5.41) is 8.77. The number of esters is 1. The molecule has 1 fully saturated rings. The molecule has 30 heavy (non-hydrogen) atoms. The van der Waals surface area contributed by atoms with E-state index in [0.717, 1.165) is 4.90 Å². The van der Waals surface area contributed by atoms with Gasteiger partial charge in [0, 0.05) is 18.2 Å². The number of aryl methyl sites for hydroxylation is 1. The SMILES string of the molecule is Cc1cc(NC(=O)C(OC(=O)CCN2C(=O)NC(C)(C)C2=O)c2ccccc2)no1. The first-order valence-electron chi connectivity index (χ1n) is 9.30. The number of nitrogens with zero attached hydrogens (tertiary/aromatic N) is 2. The summed E-state index contributed by atoms with van der Waals surface area (Å²) in [5.41, 5.74) is -0.567. The predicted octanol–water partition coefficient (Wildman–Crippen LogP) is 1.93. The molecule has 1 aliphatic rings. The van der Waals surface area contributed by atoms with E-state index in [9.17, 15) is 19.2 Å². The summed E-state index contributed by atoms with van der Waals surface area (Å²) in [4.78, 5) is 50.2. The van der Waals surface area contributed by atoms with E-state index in [1.165, 1.54) is 6.07 Å². The minimum absolute atomic E-state index is 0.154. The molecule has 10 nitrogen and oxygen atoms in total. The van der Waals surface area contributed by atoms with Crippen LogP contribution in [0.15, 0.2) is 40.9 Å². The Morgan fingerprint density at radius 1 is 1.27 bits per heavy atom. The van der Waals surface area contributed by atoms with Crippen LogP contribution in [0.1, 0.15) is 37.7 Å². The molecule has 1 aromatic heterocycles. The number of rotatable bonds is 7. The first-order valence-corrected chi connectivity index (χ1v) is 9.30. The van der Waals surface area contributed by atoms with Crippen LogP contribution in [0, 0.1) is 6.92 Å².